The van der Waals surface area contributed by atoms with Crippen molar-refractivity contribution < 1.29 is 19.2 Å². The molecule has 0 aliphatic carbocycles. The van der Waals surface area contributed by atoms with E-state index in [9.17, 15) is 14.9 Å². The SMILES string of the molecule is CC(C)(C)OC(=O)N1CCOc2c1ncc([N+](=O)[O-])c2Br. The summed E-state index contributed by atoms with van der Waals surface area (Å²) < 4.78 is 10.8. The molecular weight excluding hydrogens is 346 g/mol. The van der Waals surface area contributed by atoms with Crippen molar-refractivity contribution in [3.8, 4) is 5.75 Å². The Morgan fingerprint density at radius 1 is 1.57 bits per heavy atom. The normalized spacial score (nSPS) is 14.2. The summed E-state index contributed by atoms with van der Waals surface area (Å²) in [4.78, 5) is 27.7. The third kappa shape index (κ3) is 3.23. The van der Waals surface area contributed by atoms with Crippen LogP contribution in [0.2, 0.25) is 0 Å². The molecule has 0 saturated heterocycles. The van der Waals surface area contributed by atoms with Gasteiger partial charge in [0.15, 0.2) is 11.6 Å². The molecule has 0 fully saturated rings. The van der Waals surface area contributed by atoms with Gasteiger partial charge in [-0.05, 0) is 36.7 Å². The molecule has 0 bridgehead atoms. The Bertz CT molecular complexity index is 599. The molecular formula is C12H14BrN3O5. The molecule has 0 aromatic carbocycles. The molecule has 1 aliphatic rings. The number of hydrogen-bond donors (Lipinski definition) is 0. The van der Waals surface area contributed by atoms with Gasteiger partial charge in [0.1, 0.15) is 22.9 Å². The van der Waals surface area contributed by atoms with E-state index in [1.165, 1.54) is 4.90 Å². The highest BCUT2D eigenvalue weighted by molar-refractivity contribution is 9.10. The van der Waals surface area contributed by atoms with E-state index < -0.39 is 16.6 Å². The first-order valence-electron chi connectivity index (χ1n) is 6.17. The minimum atomic E-state index is -0.645. The van der Waals surface area contributed by atoms with Crippen molar-refractivity contribution in [2.75, 3.05) is 18.1 Å². The van der Waals surface area contributed by atoms with E-state index in [4.69, 9.17) is 9.47 Å². The lowest BCUT2D eigenvalue weighted by atomic mass is 10.2. The number of carbonyl (C=O) groups excluding carboxylic acids is 1. The van der Waals surface area contributed by atoms with Gasteiger partial charge in [0.05, 0.1) is 11.5 Å². The lowest BCUT2D eigenvalue weighted by Gasteiger charge is -2.30. The van der Waals surface area contributed by atoms with E-state index in [1.807, 2.05) is 0 Å². The Labute approximate surface area is 129 Å². The Morgan fingerprint density at radius 3 is 2.81 bits per heavy atom. The topological polar surface area (TPSA) is 94.8 Å². The molecule has 1 amide bonds. The van der Waals surface area contributed by atoms with E-state index >= 15 is 0 Å². The molecule has 1 aromatic heterocycles. The molecule has 1 aromatic rings. The molecule has 0 N–H and O–H groups in total. The maximum Gasteiger partial charge on any atom is 0.416 e. The van der Waals surface area contributed by atoms with Crippen molar-refractivity contribution in [1.29, 1.82) is 0 Å². The average Bonchev–Trinajstić information content (AvgIpc) is 2.36. The fourth-order valence-corrected chi connectivity index (χ4v) is 2.28. The summed E-state index contributed by atoms with van der Waals surface area (Å²) in [5, 5.41) is 10.9. The number of carbonyl (C=O) groups is 1. The van der Waals surface area contributed by atoms with Gasteiger partial charge in [-0.25, -0.2) is 9.78 Å². The summed E-state index contributed by atoms with van der Waals surface area (Å²) in [6.07, 6.45) is 0.509. The third-order valence-electron chi connectivity index (χ3n) is 2.56. The van der Waals surface area contributed by atoms with Gasteiger partial charge in [0.2, 0.25) is 0 Å². The van der Waals surface area contributed by atoms with Crippen LogP contribution >= 0.6 is 15.9 Å². The minimum absolute atomic E-state index is 0.158. The number of ether oxygens (including phenoxy) is 2. The number of fused-ring (bicyclic) bond motifs is 1. The fraction of sp³-hybridized carbons (Fsp3) is 0.500. The van der Waals surface area contributed by atoms with Crippen molar-refractivity contribution >= 4 is 33.5 Å². The number of rotatable bonds is 1. The maximum atomic E-state index is 12.2. The zero-order valence-electron chi connectivity index (χ0n) is 11.8. The molecule has 0 radical (unpaired) electrons. The number of anilines is 1. The van der Waals surface area contributed by atoms with Crippen LogP contribution in [-0.2, 0) is 4.74 Å². The van der Waals surface area contributed by atoms with E-state index in [0.717, 1.165) is 6.20 Å². The van der Waals surface area contributed by atoms with Gasteiger partial charge in [-0.15, -0.1) is 0 Å². The van der Waals surface area contributed by atoms with Crippen LogP contribution in [0.1, 0.15) is 20.8 Å². The van der Waals surface area contributed by atoms with Gasteiger partial charge in [-0.1, -0.05) is 0 Å². The Kier molecular flexibility index (Phi) is 4.04. The monoisotopic (exact) mass is 359 g/mol. The molecule has 2 heterocycles. The molecule has 0 saturated carbocycles. The summed E-state index contributed by atoms with van der Waals surface area (Å²) in [6, 6.07) is 0. The van der Waals surface area contributed by atoms with Gasteiger partial charge < -0.3 is 9.47 Å². The first kappa shape index (κ1) is 15.5. The summed E-state index contributed by atoms with van der Waals surface area (Å²) in [5.41, 5.74) is -0.868. The van der Waals surface area contributed by atoms with E-state index in [2.05, 4.69) is 20.9 Å². The van der Waals surface area contributed by atoms with Crippen molar-refractivity contribution in [2.24, 2.45) is 0 Å². The molecule has 9 heteroatoms. The van der Waals surface area contributed by atoms with Gasteiger partial charge in [0, 0.05) is 0 Å². The van der Waals surface area contributed by atoms with Crippen LogP contribution in [0.15, 0.2) is 10.7 Å². The van der Waals surface area contributed by atoms with Crippen LogP contribution < -0.4 is 9.64 Å². The van der Waals surface area contributed by atoms with Crippen molar-refractivity contribution in [3.63, 3.8) is 0 Å². The van der Waals surface area contributed by atoms with Crippen LogP contribution in [0.25, 0.3) is 0 Å². The Hall–Kier alpha value is -1.90. The summed E-state index contributed by atoms with van der Waals surface area (Å²) in [6.45, 7) is 5.73. The van der Waals surface area contributed by atoms with E-state index in [0.29, 0.717) is 0 Å². The number of pyridine rings is 1. The molecule has 8 nitrogen and oxygen atoms in total. The number of nitro groups is 1. The van der Waals surface area contributed by atoms with Crippen molar-refractivity contribution in [3.05, 3.63) is 20.8 Å². The smallest absolute Gasteiger partial charge is 0.416 e. The lowest BCUT2D eigenvalue weighted by Crippen LogP contribution is -2.42. The largest absolute Gasteiger partial charge is 0.486 e. The Balaban J connectivity index is 2.39. The van der Waals surface area contributed by atoms with Crippen LogP contribution in [0, 0.1) is 10.1 Å². The fourth-order valence-electron chi connectivity index (χ4n) is 1.74. The van der Waals surface area contributed by atoms with Crippen LogP contribution in [0.4, 0.5) is 16.3 Å². The Morgan fingerprint density at radius 2 is 2.24 bits per heavy atom. The quantitative estimate of drug-likeness (QED) is 0.565. The van der Waals surface area contributed by atoms with Gasteiger partial charge in [-0.2, -0.15) is 0 Å². The number of nitrogens with zero attached hydrogens (tertiary/aromatic N) is 3. The highest BCUT2D eigenvalue weighted by Gasteiger charge is 2.33. The highest BCUT2D eigenvalue weighted by Crippen LogP contribution is 2.41. The predicted octanol–water partition coefficient (Wildman–Crippen LogP) is 2.89. The average molecular weight is 360 g/mol. The highest BCUT2D eigenvalue weighted by atomic mass is 79.9. The zero-order valence-corrected chi connectivity index (χ0v) is 13.3. The second kappa shape index (κ2) is 5.47. The second-order valence-electron chi connectivity index (χ2n) is 5.35. The minimum Gasteiger partial charge on any atom is -0.486 e. The summed E-state index contributed by atoms with van der Waals surface area (Å²) in [7, 11) is 0. The van der Waals surface area contributed by atoms with Gasteiger partial charge in [0.25, 0.3) is 0 Å². The summed E-state index contributed by atoms with van der Waals surface area (Å²) >= 11 is 3.12. The number of aromatic nitrogens is 1. The molecule has 0 atom stereocenters. The standard InChI is InChI=1S/C12H14BrN3O5/c1-12(2,3)21-11(17)15-4-5-20-9-8(13)7(16(18)19)6-14-10(9)15/h6H,4-5H2,1-3H3. The van der Waals surface area contributed by atoms with Crippen LogP contribution in [0.5, 0.6) is 5.75 Å². The van der Waals surface area contributed by atoms with Crippen molar-refractivity contribution in [1.82, 2.24) is 4.98 Å². The second-order valence-corrected chi connectivity index (χ2v) is 6.14. The molecule has 0 unspecified atom stereocenters. The molecule has 0 spiro atoms. The van der Waals surface area contributed by atoms with Gasteiger partial charge in [-0.3, -0.25) is 15.0 Å². The molecule has 21 heavy (non-hydrogen) atoms. The zero-order chi connectivity index (χ0) is 15.8. The number of amides is 1. The number of halogens is 1. The van der Waals surface area contributed by atoms with Crippen LogP contribution in [-0.4, -0.2) is 34.8 Å². The molecule has 2 rings (SSSR count). The first-order valence-corrected chi connectivity index (χ1v) is 6.96. The lowest BCUT2D eigenvalue weighted by molar-refractivity contribution is -0.386. The maximum absolute atomic E-state index is 12.2. The summed E-state index contributed by atoms with van der Waals surface area (Å²) in [5.74, 6) is 0.370. The molecule has 1 aliphatic heterocycles. The molecule has 114 valence electrons. The number of hydrogen-bond acceptors (Lipinski definition) is 6. The van der Waals surface area contributed by atoms with Crippen molar-refractivity contribution in [2.45, 2.75) is 26.4 Å². The third-order valence-corrected chi connectivity index (χ3v) is 3.33. The first-order chi connectivity index (χ1) is 9.70. The predicted molar refractivity (Wildman–Crippen MR) is 77.7 cm³/mol. The van der Waals surface area contributed by atoms with Crippen LogP contribution in [0.3, 0.4) is 0 Å². The van der Waals surface area contributed by atoms with E-state index in [1.54, 1.807) is 20.8 Å². The van der Waals surface area contributed by atoms with Gasteiger partial charge >= 0.3 is 11.8 Å². The van der Waals surface area contributed by atoms with E-state index in [-0.39, 0.29) is 34.9 Å².